The van der Waals surface area contributed by atoms with Crippen LogP contribution >= 0.6 is 0 Å². The first-order valence-electron chi connectivity index (χ1n) is 5.23. The molecule has 1 heterocycles. The van der Waals surface area contributed by atoms with Gasteiger partial charge in [-0.1, -0.05) is 12.1 Å². The van der Waals surface area contributed by atoms with Gasteiger partial charge in [0.15, 0.2) is 5.69 Å². The number of nitrogens with one attached hydrogen (secondary N) is 1. The van der Waals surface area contributed by atoms with Gasteiger partial charge in [-0.15, -0.1) is 5.10 Å². The smallest absolute Gasteiger partial charge is 0.405 e. The lowest BCUT2D eigenvalue weighted by molar-refractivity contribution is -0.138. The predicted molar refractivity (Wildman–Crippen MR) is 55.4 cm³/mol. The molecule has 0 bridgehead atoms. The number of rotatable bonds is 5. The number of amides is 1. The SMILES string of the molecule is CCc1c(C(=O)O)nnn1CC(=O)NCC(F)(F)F. The topological polar surface area (TPSA) is 97.1 Å². The van der Waals surface area contributed by atoms with Gasteiger partial charge in [0, 0.05) is 0 Å². The van der Waals surface area contributed by atoms with Gasteiger partial charge in [0.1, 0.15) is 13.1 Å². The summed E-state index contributed by atoms with van der Waals surface area (Å²) < 4.78 is 36.6. The summed E-state index contributed by atoms with van der Waals surface area (Å²) in [4.78, 5) is 22.0. The molecular weight excluding hydrogens is 269 g/mol. The van der Waals surface area contributed by atoms with Crippen molar-refractivity contribution < 1.29 is 27.9 Å². The monoisotopic (exact) mass is 280 g/mol. The van der Waals surface area contributed by atoms with Crippen molar-refractivity contribution in [3.63, 3.8) is 0 Å². The molecule has 7 nitrogen and oxygen atoms in total. The molecule has 10 heteroatoms. The van der Waals surface area contributed by atoms with Crippen molar-refractivity contribution >= 4 is 11.9 Å². The molecule has 19 heavy (non-hydrogen) atoms. The minimum absolute atomic E-state index is 0.176. The van der Waals surface area contributed by atoms with Crippen LogP contribution in [0.15, 0.2) is 0 Å². The predicted octanol–water partition coefficient (Wildman–Crippen LogP) is 0.217. The standard InChI is InChI=1S/C9H11F3N4O3/c1-2-5-7(8(18)19)14-15-16(5)3-6(17)13-4-9(10,11)12/h2-4H2,1H3,(H,13,17)(H,18,19). The highest BCUT2D eigenvalue weighted by atomic mass is 19.4. The molecule has 106 valence electrons. The summed E-state index contributed by atoms with van der Waals surface area (Å²) in [6, 6.07) is 0. The van der Waals surface area contributed by atoms with Crippen LogP contribution < -0.4 is 5.32 Å². The van der Waals surface area contributed by atoms with E-state index >= 15 is 0 Å². The van der Waals surface area contributed by atoms with Crippen molar-refractivity contribution in [2.75, 3.05) is 6.54 Å². The zero-order valence-electron chi connectivity index (χ0n) is 9.86. The van der Waals surface area contributed by atoms with Gasteiger partial charge in [-0.25, -0.2) is 9.48 Å². The van der Waals surface area contributed by atoms with Crippen molar-refractivity contribution in [2.24, 2.45) is 0 Å². The van der Waals surface area contributed by atoms with Crippen LogP contribution in [0.5, 0.6) is 0 Å². The van der Waals surface area contributed by atoms with Crippen LogP contribution in [0, 0.1) is 0 Å². The summed E-state index contributed by atoms with van der Waals surface area (Å²) in [5.41, 5.74) is -0.138. The summed E-state index contributed by atoms with van der Waals surface area (Å²) >= 11 is 0. The van der Waals surface area contributed by atoms with Crippen LogP contribution in [0.1, 0.15) is 23.1 Å². The number of aromatic nitrogens is 3. The molecule has 0 aromatic carbocycles. The molecule has 1 aromatic heterocycles. The Morgan fingerprint density at radius 3 is 2.53 bits per heavy atom. The molecule has 0 spiro atoms. The summed E-state index contributed by atoms with van der Waals surface area (Å²) in [5, 5.41) is 17.2. The van der Waals surface area contributed by atoms with E-state index in [4.69, 9.17) is 5.11 Å². The Morgan fingerprint density at radius 2 is 2.05 bits per heavy atom. The minimum Gasteiger partial charge on any atom is -0.476 e. The molecule has 1 amide bonds. The minimum atomic E-state index is -4.50. The van der Waals surface area contributed by atoms with Crippen molar-refractivity contribution in [3.05, 3.63) is 11.4 Å². The van der Waals surface area contributed by atoms with E-state index in [1.54, 1.807) is 12.2 Å². The molecule has 1 rings (SSSR count). The van der Waals surface area contributed by atoms with Gasteiger partial charge in [-0.3, -0.25) is 4.79 Å². The number of hydrogen-bond donors (Lipinski definition) is 2. The second kappa shape index (κ2) is 5.67. The molecule has 1 aromatic rings. The zero-order valence-corrected chi connectivity index (χ0v) is 9.86. The van der Waals surface area contributed by atoms with Crippen LogP contribution in [-0.2, 0) is 17.8 Å². The average molecular weight is 280 g/mol. The van der Waals surface area contributed by atoms with Crippen LogP contribution in [0.25, 0.3) is 0 Å². The lowest BCUT2D eigenvalue weighted by Crippen LogP contribution is -2.36. The quantitative estimate of drug-likeness (QED) is 0.804. The number of carboxylic acid groups (broad SMARTS) is 1. The van der Waals surface area contributed by atoms with Crippen LogP contribution in [0.2, 0.25) is 0 Å². The molecule has 0 saturated heterocycles. The number of nitrogens with zero attached hydrogens (tertiary/aromatic N) is 3. The van der Waals surface area contributed by atoms with E-state index in [2.05, 4.69) is 10.3 Å². The third-order valence-electron chi connectivity index (χ3n) is 2.15. The maximum Gasteiger partial charge on any atom is 0.405 e. The van der Waals surface area contributed by atoms with Gasteiger partial charge in [-0.2, -0.15) is 13.2 Å². The molecule has 0 aliphatic heterocycles. The summed E-state index contributed by atoms with van der Waals surface area (Å²) in [6.45, 7) is -0.345. The zero-order chi connectivity index (χ0) is 14.6. The van der Waals surface area contributed by atoms with Gasteiger partial charge in [0.25, 0.3) is 0 Å². The Balaban J connectivity index is 2.72. The summed E-state index contributed by atoms with van der Waals surface area (Å²) in [7, 11) is 0. The fourth-order valence-corrected chi connectivity index (χ4v) is 1.37. The first-order chi connectivity index (χ1) is 8.74. The highest BCUT2D eigenvalue weighted by Crippen LogP contribution is 2.12. The molecule has 0 aliphatic carbocycles. The number of carbonyl (C=O) groups excluding carboxylic acids is 1. The number of alkyl halides is 3. The molecule has 0 unspecified atom stereocenters. The maximum absolute atomic E-state index is 11.9. The fourth-order valence-electron chi connectivity index (χ4n) is 1.37. The highest BCUT2D eigenvalue weighted by molar-refractivity contribution is 5.86. The maximum atomic E-state index is 11.9. The number of aromatic carboxylic acids is 1. The Morgan fingerprint density at radius 1 is 1.42 bits per heavy atom. The van der Waals surface area contributed by atoms with Crippen molar-refractivity contribution in [2.45, 2.75) is 26.1 Å². The Labute approximate surface area is 105 Å². The van der Waals surface area contributed by atoms with Gasteiger partial charge >= 0.3 is 12.1 Å². The summed E-state index contributed by atoms with van der Waals surface area (Å²) in [5.74, 6) is -2.23. The second-order valence-electron chi connectivity index (χ2n) is 3.59. The molecule has 0 fully saturated rings. The molecule has 0 radical (unpaired) electrons. The highest BCUT2D eigenvalue weighted by Gasteiger charge is 2.28. The fraction of sp³-hybridized carbons (Fsp3) is 0.556. The van der Waals surface area contributed by atoms with E-state index in [-0.39, 0.29) is 17.8 Å². The van der Waals surface area contributed by atoms with Crippen LogP contribution in [0.4, 0.5) is 13.2 Å². The van der Waals surface area contributed by atoms with Crippen LogP contribution in [0.3, 0.4) is 0 Å². The van der Waals surface area contributed by atoms with Crippen molar-refractivity contribution in [1.29, 1.82) is 0 Å². The van der Waals surface area contributed by atoms with E-state index in [0.29, 0.717) is 0 Å². The molecule has 2 N–H and O–H groups in total. The Bertz CT molecular complexity index is 484. The van der Waals surface area contributed by atoms with E-state index in [1.165, 1.54) is 0 Å². The van der Waals surface area contributed by atoms with E-state index in [0.717, 1.165) is 4.68 Å². The Kier molecular flexibility index (Phi) is 4.46. The lowest BCUT2D eigenvalue weighted by atomic mass is 10.2. The Hall–Kier alpha value is -2.13. The normalized spacial score (nSPS) is 11.4. The first-order valence-corrected chi connectivity index (χ1v) is 5.23. The molecule has 0 saturated carbocycles. The molecular formula is C9H11F3N4O3. The van der Waals surface area contributed by atoms with E-state index in [1.807, 2.05) is 0 Å². The van der Waals surface area contributed by atoms with E-state index in [9.17, 15) is 22.8 Å². The van der Waals surface area contributed by atoms with Gasteiger partial charge in [0.05, 0.1) is 5.69 Å². The third kappa shape index (κ3) is 4.23. The first kappa shape index (κ1) is 14.9. The number of halogens is 3. The number of carbonyl (C=O) groups is 2. The van der Waals surface area contributed by atoms with Gasteiger partial charge < -0.3 is 10.4 Å². The van der Waals surface area contributed by atoms with E-state index < -0.39 is 31.1 Å². The van der Waals surface area contributed by atoms with Gasteiger partial charge in [0.2, 0.25) is 5.91 Å². The summed E-state index contributed by atoms with van der Waals surface area (Å²) in [6.07, 6.45) is -4.26. The van der Waals surface area contributed by atoms with Crippen molar-refractivity contribution in [3.8, 4) is 0 Å². The second-order valence-corrected chi connectivity index (χ2v) is 3.59. The van der Waals surface area contributed by atoms with Gasteiger partial charge in [-0.05, 0) is 6.42 Å². The molecule has 0 atom stereocenters. The average Bonchev–Trinajstić information content (AvgIpc) is 2.68. The molecule has 0 aliphatic rings. The lowest BCUT2D eigenvalue weighted by Gasteiger charge is -2.09. The van der Waals surface area contributed by atoms with Crippen molar-refractivity contribution in [1.82, 2.24) is 20.3 Å². The largest absolute Gasteiger partial charge is 0.476 e. The number of hydrogen-bond acceptors (Lipinski definition) is 4. The number of carboxylic acids is 1. The third-order valence-corrected chi connectivity index (χ3v) is 2.15. The van der Waals surface area contributed by atoms with Crippen LogP contribution in [-0.4, -0.2) is 44.7 Å².